The number of rotatable bonds is 5. The van der Waals surface area contributed by atoms with Gasteiger partial charge in [0, 0.05) is 16.6 Å². The van der Waals surface area contributed by atoms with Gasteiger partial charge in [-0.05, 0) is 44.0 Å². The SMILES string of the molecule is CC(Sc1nncn1C1CC1)C(=O)c1ccc(Cl)cc1. The molecule has 104 valence electrons. The summed E-state index contributed by atoms with van der Waals surface area (Å²) < 4.78 is 2.07. The fourth-order valence-corrected chi connectivity index (χ4v) is 3.08. The highest BCUT2D eigenvalue weighted by Gasteiger charge is 2.28. The maximum atomic E-state index is 12.4. The Morgan fingerprint density at radius 2 is 2.10 bits per heavy atom. The van der Waals surface area contributed by atoms with Crippen LogP contribution in [0.1, 0.15) is 36.2 Å². The molecule has 3 rings (SSSR count). The predicted octanol–water partition coefficient (Wildman–Crippen LogP) is 3.63. The molecule has 0 saturated heterocycles. The quantitative estimate of drug-likeness (QED) is 0.625. The van der Waals surface area contributed by atoms with E-state index >= 15 is 0 Å². The van der Waals surface area contributed by atoms with E-state index in [0.29, 0.717) is 16.6 Å². The molecule has 6 heteroatoms. The number of halogens is 1. The van der Waals surface area contributed by atoms with Crippen LogP contribution in [0.15, 0.2) is 35.7 Å². The van der Waals surface area contributed by atoms with Crippen molar-refractivity contribution in [3.8, 4) is 0 Å². The van der Waals surface area contributed by atoms with Crippen LogP contribution in [-0.2, 0) is 0 Å². The van der Waals surface area contributed by atoms with Crippen LogP contribution in [-0.4, -0.2) is 25.8 Å². The van der Waals surface area contributed by atoms with Gasteiger partial charge >= 0.3 is 0 Å². The first kappa shape index (κ1) is 13.6. The molecule has 1 fully saturated rings. The summed E-state index contributed by atoms with van der Waals surface area (Å²) in [7, 11) is 0. The van der Waals surface area contributed by atoms with E-state index in [4.69, 9.17) is 11.6 Å². The minimum absolute atomic E-state index is 0.0806. The molecule has 0 N–H and O–H groups in total. The Morgan fingerprint density at radius 3 is 2.75 bits per heavy atom. The van der Waals surface area contributed by atoms with E-state index in [9.17, 15) is 4.79 Å². The predicted molar refractivity (Wildman–Crippen MR) is 79.4 cm³/mol. The highest BCUT2D eigenvalue weighted by atomic mass is 35.5. The van der Waals surface area contributed by atoms with Crippen LogP contribution in [0, 0.1) is 0 Å². The van der Waals surface area contributed by atoms with Gasteiger partial charge in [-0.3, -0.25) is 4.79 Å². The lowest BCUT2D eigenvalue weighted by molar-refractivity contribution is 0.0994. The van der Waals surface area contributed by atoms with Gasteiger partial charge in [-0.15, -0.1) is 10.2 Å². The van der Waals surface area contributed by atoms with Gasteiger partial charge in [0.2, 0.25) is 0 Å². The molecule has 1 aromatic carbocycles. The molecule has 0 spiro atoms. The molecule has 1 unspecified atom stereocenters. The number of carbonyl (C=O) groups is 1. The zero-order valence-corrected chi connectivity index (χ0v) is 12.6. The number of benzene rings is 1. The van der Waals surface area contributed by atoms with Gasteiger partial charge in [0.15, 0.2) is 10.9 Å². The summed E-state index contributed by atoms with van der Waals surface area (Å²) in [5.74, 6) is 0.0806. The Kier molecular flexibility index (Phi) is 3.81. The van der Waals surface area contributed by atoms with Gasteiger partial charge in [0.1, 0.15) is 6.33 Å². The summed E-state index contributed by atoms with van der Waals surface area (Å²) >= 11 is 7.29. The third-order valence-corrected chi connectivity index (χ3v) is 4.58. The number of Topliss-reactive ketones (excluding diaryl/α,β-unsaturated/α-hetero) is 1. The lowest BCUT2D eigenvalue weighted by atomic mass is 10.1. The second kappa shape index (κ2) is 5.58. The molecule has 1 heterocycles. The highest BCUT2D eigenvalue weighted by Crippen LogP contribution is 2.38. The van der Waals surface area contributed by atoms with Crippen molar-refractivity contribution >= 4 is 29.1 Å². The van der Waals surface area contributed by atoms with Gasteiger partial charge in [-0.25, -0.2) is 0 Å². The summed E-state index contributed by atoms with van der Waals surface area (Å²) in [6.07, 6.45) is 4.09. The van der Waals surface area contributed by atoms with Crippen molar-refractivity contribution in [3.63, 3.8) is 0 Å². The first-order chi connectivity index (χ1) is 9.65. The van der Waals surface area contributed by atoms with E-state index in [-0.39, 0.29) is 11.0 Å². The molecule has 0 aliphatic heterocycles. The van der Waals surface area contributed by atoms with Crippen LogP contribution in [0.25, 0.3) is 0 Å². The molecule has 0 amide bonds. The molecule has 0 radical (unpaired) electrons. The van der Waals surface area contributed by atoms with Crippen LogP contribution in [0.5, 0.6) is 0 Å². The molecule has 0 bridgehead atoms. The zero-order chi connectivity index (χ0) is 14.1. The van der Waals surface area contributed by atoms with Crippen molar-refractivity contribution < 1.29 is 4.79 Å². The van der Waals surface area contributed by atoms with E-state index in [2.05, 4.69) is 14.8 Å². The van der Waals surface area contributed by atoms with Crippen molar-refractivity contribution in [2.24, 2.45) is 0 Å². The molecule has 4 nitrogen and oxygen atoms in total. The smallest absolute Gasteiger partial charge is 0.191 e. The number of aromatic nitrogens is 3. The van der Waals surface area contributed by atoms with Crippen LogP contribution in [0.3, 0.4) is 0 Å². The summed E-state index contributed by atoms with van der Waals surface area (Å²) in [5.41, 5.74) is 0.673. The number of thioether (sulfide) groups is 1. The maximum absolute atomic E-state index is 12.4. The first-order valence-electron chi connectivity index (χ1n) is 6.51. The van der Waals surface area contributed by atoms with Crippen molar-refractivity contribution in [3.05, 3.63) is 41.2 Å². The number of hydrogen-bond acceptors (Lipinski definition) is 4. The average Bonchev–Trinajstić information content (AvgIpc) is 3.19. The minimum Gasteiger partial charge on any atom is -0.306 e. The molecule has 20 heavy (non-hydrogen) atoms. The Morgan fingerprint density at radius 1 is 1.40 bits per heavy atom. The normalized spacial score (nSPS) is 16.1. The molecule has 1 aliphatic rings. The van der Waals surface area contributed by atoms with Crippen molar-refractivity contribution in [1.82, 2.24) is 14.8 Å². The lowest BCUT2D eigenvalue weighted by Gasteiger charge is -2.10. The van der Waals surface area contributed by atoms with Gasteiger partial charge in [0.05, 0.1) is 5.25 Å². The first-order valence-corrected chi connectivity index (χ1v) is 7.77. The largest absolute Gasteiger partial charge is 0.306 e. The number of hydrogen-bond donors (Lipinski definition) is 0. The topological polar surface area (TPSA) is 47.8 Å². The number of nitrogens with zero attached hydrogens (tertiary/aromatic N) is 3. The molecular weight excluding hydrogens is 294 g/mol. The van der Waals surface area contributed by atoms with Gasteiger partial charge in [0.25, 0.3) is 0 Å². The highest BCUT2D eigenvalue weighted by molar-refractivity contribution is 8.00. The molecule has 2 aromatic rings. The third kappa shape index (κ3) is 2.88. The monoisotopic (exact) mass is 307 g/mol. The maximum Gasteiger partial charge on any atom is 0.191 e. The summed E-state index contributed by atoms with van der Waals surface area (Å²) in [6, 6.07) is 7.50. The van der Waals surface area contributed by atoms with Gasteiger partial charge in [-0.2, -0.15) is 0 Å². The Labute approximate surface area is 126 Å². The van der Waals surface area contributed by atoms with E-state index in [1.165, 1.54) is 24.6 Å². The molecule has 1 atom stereocenters. The van der Waals surface area contributed by atoms with Crippen LogP contribution in [0.2, 0.25) is 5.02 Å². The van der Waals surface area contributed by atoms with Gasteiger partial charge in [-0.1, -0.05) is 23.4 Å². The van der Waals surface area contributed by atoms with Gasteiger partial charge < -0.3 is 4.57 Å². The van der Waals surface area contributed by atoms with E-state index < -0.39 is 0 Å². The lowest BCUT2D eigenvalue weighted by Crippen LogP contribution is -2.14. The fraction of sp³-hybridized carbons (Fsp3) is 0.357. The summed E-state index contributed by atoms with van der Waals surface area (Å²) in [5, 5.41) is 9.31. The number of ketones is 1. The third-order valence-electron chi connectivity index (χ3n) is 3.26. The van der Waals surface area contributed by atoms with Crippen molar-refractivity contribution in [2.75, 3.05) is 0 Å². The van der Waals surface area contributed by atoms with Crippen LogP contribution >= 0.6 is 23.4 Å². The Bertz CT molecular complexity index is 622. The second-order valence-electron chi connectivity index (χ2n) is 4.88. The van der Waals surface area contributed by atoms with Crippen LogP contribution in [0.4, 0.5) is 0 Å². The second-order valence-corrected chi connectivity index (χ2v) is 6.63. The average molecular weight is 308 g/mol. The van der Waals surface area contributed by atoms with E-state index in [1.807, 2.05) is 6.92 Å². The standard InChI is InChI=1S/C14H14ClN3OS/c1-9(13(19)10-2-4-11(15)5-3-10)20-14-17-16-8-18(14)12-6-7-12/h2-5,8-9,12H,6-7H2,1H3. The molecular formula is C14H14ClN3OS. The Hall–Kier alpha value is -1.33. The minimum atomic E-state index is -0.196. The molecule has 1 aromatic heterocycles. The number of carbonyl (C=O) groups excluding carboxylic acids is 1. The van der Waals surface area contributed by atoms with Crippen molar-refractivity contribution in [1.29, 1.82) is 0 Å². The van der Waals surface area contributed by atoms with E-state index in [1.54, 1.807) is 30.6 Å². The molecule has 1 aliphatic carbocycles. The Balaban J connectivity index is 1.72. The molecule has 1 saturated carbocycles. The van der Waals surface area contributed by atoms with E-state index in [0.717, 1.165) is 5.16 Å². The van der Waals surface area contributed by atoms with Crippen molar-refractivity contribution in [2.45, 2.75) is 36.2 Å². The van der Waals surface area contributed by atoms with Crippen LogP contribution < -0.4 is 0 Å². The zero-order valence-electron chi connectivity index (χ0n) is 11.0. The fourth-order valence-electron chi connectivity index (χ4n) is 1.98. The summed E-state index contributed by atoms with van der Waals surface area (Å²) in [4.78, 5) is 12.4. The summed E-state index contributed by atoms with van der Waals surface area (Å²) in [6.45, 7) is 1.90.